The Bertz CT molecular complexity index is 438. The summed E-state index contributed by atoms with van der Waals surface area (Å²) in [5, 5.41) is 6.52. The fraction of sp³-hybridized carbons (Fsp3) is 0.533. The highest BCUT2D eigenvalue weighted by Gasteiger charge is 2.27. The highest BCUT2D eigenvalue weighted by Crippen LogP contribution is 2.31. The molecule has 0 aromatic heterocycles. The lowest BCUT2D eigenvalue weighted by Gasteiger charge is -2.24. The smallest absolute Gasteiger partial charge is 0.224 e. The molecule has 1 amide bonds. The summed E-state index contributed by atoms with van der Waals surface area (Å²) in [5.74, 6) is 0.385. The lowest BCUT2D eigenvalue weighted by molar-refractivity contribution is -0.126. The highest BCUT2D eigenvalue weighted by atomic mass is 16.2. The van der Waals surface area contributed by atoms with Crippen molar-refractivity contribution in [2.45, 2.75) is 31.7 Å². The van der Waals surface area contributed by atoms with Gasteiger partial charge in [-0.2, -0.15) is 0 Å². The van der Waals surface area contributed by atoms with Crippen LogP contribution in [0.25, 0.3) is 0 Å². The molecule has 1 aliphatic carbocycles. The van der Waals surface area contributed by atoms with E-state index in [2.05, 4.69) is 34.9 Å². The molecule has 1 saturated heterocycles. The van der Waals surface area contributed by atoms with Crippen molar-refractivity contribution in [2.75, 3.05) is 13.1 Å². The summed E-state index contributed by atoms with van der Waals surface area (Å²) in [4.78, 5) is 12.2. The molecule has 1 heterocycles. The van der Waals surface area contributed by atoms with E-state index in [1.165, 1.54) is 11.1 Å². The fourth-order valence-corrected chi connectivity index (χ4v) is 3.07. The van der Waals surface area contributed by atoms with Gasteiger partial charge in [0.2, 0.25) is 5.91 Å². The molecule has 3 rings (SSSR count). The Morgan fingerprint density at radius 2 is 2.17 bits per heavy atom. The van der Waals surface area contributed by atoms with Gasteiger partial charge in [-0.1, -0.05) is 24.3 Å². The van der Waals surface area contributed by atoms with Gasteiger partial charge in [0.1, 0.15) is 0 Å². The van der Waals surface area contributed by atoms with Crippen LogP contribution in [-0.4, -0.2) is 19.0 Å². The summed E-state index contributed by atoms with van der Waals surface area (Å²) in [6.45, 7) is 1.89. The van der Waals surface area contributed by atoms with Crippen molar-refractivity contribution in [1.29, 1.82) is 0 Å². The van der Waals surface area contributed by atoms with E-state index in [-0.39, 0.29) is 17.9 Å². The molecular formula is C15H20N2O. The summed E-state index contributed by atoms with van der Waals surface area (Å²) in [6, 6.07) is 8.69. The summed E-state index contributed by atoms with van der Waals surface area (Å²) >= 11 is 0. The van der Waals surface area contributed by atoms with Crippen LogP contribution >= 0.6 is 0 Å². The summed E-state index contributed by atoms with van der Waals surface area (Å²) in [6.07, 6.45) is 4.27. The first-order valence-electron chi connectivity index (χ1n) is 6.93. The average molecular weight is 244 g/mol. The van der Waals surface area contributed by atoms with Crippen molar-refractivity contribution in [3.8, 4) is 0 Å². The van der Waals surface area contributed by atoms with Gasteiger partial charge in [0.25, 0.3) is 0 Å². The van der Waals surface area contributed by atoms with E-state index in [1.807, 2.05) is 0 Å². The maximum atomic E-state index is 12.2. The number of rotatable bonds is 2. The molecule has 0 bridgehead atoms. The Morgan fingerprint density at radius 1 is 1.28 bits per heavy atom. The maximum Gasteiger partial charge on any atom is 0.224 e. The van der Waals surface area contributed by atoms with Gasteiger partial charge in [-0.25, -0.2) is 0 Å². The van der Waals surface area contributed by atoms with E-state index in [0.717, 1.165) is 38.8 Å². The van der Waals surface area contributed by atoms with Gasteiger partial charge >= 0.3 is 0 Å². The molecule has 2 atom stereocenters. The predicted molar refractivity (Wildman–Crippen MR) is 71.2 cm³/mol. The van der Waals surface area contributed by atoms with Gasteiger partial charge in [-0.05, 0) is 43.4 Å². The minimum atomic E-state index is 0.159. The number of benzene rings is 1. The largest absolute Gasteiger partial charge is 0.349 e. The molecule has 1 fully saturated rings. The van der Waals surface area contributed by atoms with Crippen LogP contribution in [0.15, 0.2) is 24.3 Å². The third kappa shape index (κ3) is 2.27. The predicted octanol–water partition coefficient (Wildman–Crippen LogP) is 1.79. The molecule has 2 aliphatic rings. The van der Waals surface area contributed by atoms with Gasteiger partial charge in [-0.15, -0.1) is 0 Å². The zero-order chi connectivity index (χ0) is 12.4. The van der Waals surface area contributed by atoms with Gasteiger partial charge in [0.05, 0.1) is 12.0 Å². The molecule has 0 spiro atoms. The van der Waals surface area contributed by atoms with Gasteiger partial charge in [0.15, 0.2) is 0 Å². The summed E-state index contributed by atoms with van der Waals surface area (Å²) in [5.41, 5.74) is 2.71. The SMILES string of the molecule is O=C(NC1CCc2ccccc21)C1CCCNC1. The van der Waals surface area contributed by atoms with Crippen LogP contribution in [0.3, 0.4) is 0 Å². The molecule has 96 valence electrons. The first-order valence-corrected chi connectivity index (χ1v) is 6.93. The monoisotopic (exact) mass is 244 g/mol. The van der Waals surface area contributed by atoms with Gasteiger partial charge < -0.3 is 10.6 Å². The van der Waals surface area contributed by atoms with Gasteiger partial charge in [0, 0.05) is 6.54 Å². The van der Waals surface area contributed by atoms with E-state index >= 15 is 0 Å². The molecule has 1 aliphatic heterocycles. The van der Waals surface area contributed by atoms with Crippen molar-refractivity contribution < 1.29 is 4.79 Å². The molecular weight excluding hydrogens is 224 g/mol. The van der Waals surface area contributed by atoms with E-state index in [1.54, 1.807) is 0 Å². The quantitative estimate of drug-likeness (QED) is 0.832. The molecule has 3 nitrogen and oxygen atoms in total. The van der Waals surface area contributed by atoms with Crippen LogP contribution in [0.5, 0.6) is 0 Å². The molecule has 2 unspecified atom stereocenters. The fourth-order valence-electron chi connectivity index (χ4n) is 3.07. The number of amides is 1. The van der Waals surface area contributed by atoms with Crippen molar-refractivity contribution in [1.82, 2.24) is 10.6 Å². The Morgan fingerprint density at radius 3 is 3.00 bits per heavy atom. The second kappa shape index (κ2) is 5.11. The maximum absolute atomic E-state index is 12.2. The van der Waals surface area contributed by atoms with Crippen molar-refractivity contribution >= 4 is 5.91 Å². The Hall–Kier alpha value is -1.35. The molecule has 0 saturated carbocycles. The van der Waals surface area contributed by atoms with Crippen molar-refractivity contribution in [3.63, 3.8) is 0 Å². The number of piperidine rings is 1. The number of carbonyl (C=O) groups excluding carboxylic acids is 1. The second-order valence-electron chi connectivity index (χ2n) is 5.34. The lowest BCUT2D eigenvalue weighted by Crippen LogP contribution is -2.41. The number of hydrogen-bond donors (Lipinski definition) is 2. The third-order valence-corrected chi connectivity index (χ3v) is 4.12. The standard InChI is InChI=1S/C15H20N2O/c18-15(12-5-3-9-16-10-12)17-14-8-7-11-4-1-2-6-13(11)14/h1-2,4,6,12,14,16H,3,5,7-10H2,(H,17,18). The molecule has 1 aromatic rings. The Balaban J connectivity index is 1.65. The number of fused-ring (bicyclic) bond motifs is 1. The number of carbonyl (C=O) groups is 1. The zero-order valence-electron chi connectivity index (χ0n) is 10.6. The molecule has 2 N–H and O–H groups in total. The van der Waals surface area contributed by atoms with Crippen LogP contribution in [0.1, 0.15) is 36.4 Å². The zero-order valence-corrected chi connectivity index (χ0v) is 10.6. The van der Waals surface area contributed by atoms with Crippen LogP contribution in [-0.2, 0) is 11.2 Å². The van der Waals surface area contributed by atoms with E-state index < -0.39 is 0 Å². The highest BCUT2D eigenvalue weighted by molar-refractivity contribution is 5.79. The number of nitrogens with one attached hydrogen (secondary N) is 2. The van der Waals surface area contributed by atoms with Crippen LogP contribution in [0.2, 0.25) is 0 Å². The first-order chi connectivity index (χ1) is 8.84. The van der Waals surface area contributed by atoms with Crippen LogP contribution in [0.4, 0.5) is 0 Å². The topological polar surface area (TPSA) is 41.1 Å². The van der Waals surface area contributed by atoms with Gasteiger partial charge in [-0.3, -0.25) is 4.79 Å². The molecule has 0 radical (unpaired) electrons. The van der Waals surface area contributed by atoms with E-state index in [9.17, 15) is 4.79 Å². The third-order valence-electron chi connectivity index (χ3n) is 4.12. The van der Waals surface area contributed by atoms with E-state index in [0.29, 0.717) is 0 Å². The number of aryl methyl sites for hydroxylation is 1. The van der Waals surface area contributed by atoms with Crippen molar-refractivity contribution in [3.05, 3.63) is 35.4 Å². The second-order valence-corrected chi connectivity index (χ2v) is 5.34. The minimum Gasteiger partial charge on any atom is -0.349 e. The summed E-state index contributed by atoms with van der Waals surface area (Å²) in [7, 11) is 0. The molecule has 18 heavy (non-hydrogen) atoms. The molecule has 3 heteroatoms. The molecule has 1 aromatic carbocycles. The normalized spacial score (nSPS) is 26.7. The first kappa shape index (κ1) is 11.7. The minimum absolute atomic E-state index is 0.159. The number of hydrogen-bond acceptors (Lipinski definition) is 2. The summed E-state index contributed by atoms with van der Waals surface area (Å²) < 4.78 is 0. The Kier molecular flexibility index (Phi) is 3.33. The Labute approximate surface area is 108 Å². The van der Waals surface area contributed by atoms with Crippen LogP contribution in [0, 0.1) is 5.92 Å². The average Bonchev–Trinajstić information content (AvgIpc) is 2.83. The van der Waals surface area contributed by atoms with Crippen LogP contribution < -0.4 is 10.6 Å². The van der Waals surface area contributed by atoms with Crippen molar-refractivity contribution in [2.24, 2.45) is 5.92 Å². The van der Waals surface area contributed by atoms with E-state index in [4.69, 9.17) is 0 Å². The lowest BCUT2D eigenvalue weighted by atomic mass is 9.98.